The number of rotatable bonds is 9. The molecule has 3 aromatic carbocycles. The Labute approximate surface area is 281 Å². The molecule has 0 N–H and O–H groups in total. The second-order valence-electron chi connectivity index (χ2n) is 11.3. The lowest BCUT2D eigenvalue weighted by Crippen LogP contribution is -2.49. The minimum absolute atomic E-state index is 0.247. The van der Waals surface area contributed by atoms with Crippen LogP contribution in [0, 0.1) is 0 Å². The molecule has 0 amide bonds. The highest BCUT2D eigenvalue weighted by molar-refractivity contribution is 7.58. The van der Waals surface area contributed by atoms with Gasteiger partial charge < -0.3 is 36.3 Å². The summed E-state index contributed by atoms with van der Waals surface area (Å²) in [4.78, 5) is 53.4. The molecule has 2 aliphatic rings. The predicted molar refractivity (Wildman–Crippen MR) is 174 cm³/mol. The van der Waals surface area contributed by atoms with Crippen molar-refractivity contribution < 1.29 is 42.6 Å². The molecule has 5 atom stereocenters. The molecule has 0 aliphatic carbocycles. The van der Waals surface area contributed by atoms with E-state index in [2.05, 4.69) is 0 Å². The summed E-state index contributed by atoms with van der Waals surface area (Å²) in [5.74, 6) is -0.933. The average molecular weight is 672 g/mol. The molecule has 0 unspecified atom stereocenters. The lowest BCUT2D eigenvalue weighted by molar-refractivity contribution is -0.625. The van der Waals surface area contributed by atoms with Gasteiger partial charge in [-0.05, 0) is 47.0 Å². The highest BCUT2D eigenvalue weighted by atomic mass is 32.1. The first-order chi connectivity index (χ1) is 23.1. The number of hydrogen-bond donors (Lipinski definition) is 0. The van der Waals surface area contributed by atoms with Crippen molar-refractivity contribution >= 4 is 42.2 Å². The maximum Gasteiger partial charge on any atom is 0.374 e. The molecule has 248 valence electrons. The van der Waals surface area contributed by atoms with Gasteiger partial charge >= 0.3 is 29.4 Å². The zero-order valence-corrected chi connectivity index (χ0v) is 27.4. The third kappa shape index (κ3) is 5.98. The summed E-state index contributed by atoms with van der Waals surface area (Å²) >= 11 is 6.11. The van der Waals surface area contributed by atoms with Gasteiger partial charge in [-0.15, -0.1) is 0 Å². The molecule has 6 rings (SSSR count). The third-order valence-corrected chi connectivity index (χ3v) is 8.53. The molecule has 1 aromatic heterocycles. The zero-order chi connectivity index (χ0) is 34.1. The summed E-state index contributed by atoms with van der Waals surface area (Å²) in [6, 6.07) is 24.6. The Balaban J connectivity index is 1.66. The molecule has 0 radical (unpaired) electrons. The number of fused-ring (bicyclic) bond motifs is 3. The Bertz CT molecular complexity index is 1900. The number of ether oxygens (including phenoxy) is 5. The average Bonchev–Trinajstić information content (AvgIpc) is 3.58. The first kappa shape index (κ1) is 32.7. The Kier molecular flexibility index (Phi) is 9.16. The summed E-state index contributed by atoms with van der Waals surface area (Å²) in [6.45, 7) is 3.31. The molecule has 1 fully saturated rings. The van der Waals surface area contributed by atoms with Crippen LogP contribution in [0.15, 0.2) is 94.7 Å². The molecule has 4 aromatic rings. The second kappa shape index (κ2) is 13.5. The van der Waals surface area contributed by atoms with Crippen LogP contribution in [-0.4, -0.2) is 60.7 Å². The Morgan fingerprint density at radius 3 is 2.12 bits per heavy atom. The molecule has 0 spiro atoms. The molecule has 48 heavy (non-hydrogen) atoms. The van der Waals surface area contributed by atoms with Crippen molar-refractivity contribution in [3.8, 4) is 22.6 Å². The lowest BCUT2D eigenvalue weighted by Gasteiger charge is -2.29. The monoisotopic (exact) mass is 671 g/mol. The fraction of sp³-hybridized carbons (Fsp3) is 0.286. The van der Waals surface area contributed by atoms with E-state index < -0.39 is 54.0 Å². The number of anilines is 2. The van der Waals surface area contributed by atoms with Crippen LogP contribution < -0.4 is 19.8 Å². The van der Waals surface area contributed by atoms with Crippen LogP contribution in [-0.2, 0) is 46.0 Å². The minimum Gasteiger partial charge on any atom is -0.744 e. The van der Waals surface area contributed by atoms with Crippen LogP contribution in [0.25, 0.3) is 16.8 Å². The van der Waals surface area contributed by atoms with Gasteiger partial charge in [-0.1, -0.05) is 48.5 Å². The molecule has 13 heteroatoms. The van der Waals surface area contributed by atoms with Gasteiger partial charge in [0.25, 0.3) is 0 Å². The Morgan fingerprint density at radius 2 is 1.54 bits per heavy atom. The largest absolute Gasteiger partial charge is 0.744 e. The number of esters is 3. The zero-order valence-electron chi connectivity index (χ0n) is 26.6. The summed E-state index contributed by atoms with van der Waals surface area (Å²) in [6.07, 6.45) is -4.42. The van der Waals surface area contributed by atoms with Gasteiger partial charge in [0, 0.05) is 20.8 Å². The molecular formula is C35H33N3O9S. The summed E-state index contributed by atoms with van der Waals surface area (Å²) < 4.78 is 32.1. The first-order valence-electron chi connectivity index (χ1n) is 15.2. The van der Waals surface area contributed by atoms with Gasteiger partial charge in [-0.25, -0.2) is 9.47 Å². The van der Waals surface area contributed by atoms with Gasteiger partial charge in [0.1, 0.15) is 29.8 Å². The first-order valence-corrected chi connectivity index (χ1v) is 15.6. The molecule has 0 saturated carbocycles. The van der Waals surface area contributed by atoms with Crippen molar-refractivity contribution in [1.29, 1.82) is 0 Å². The van der Waals surface area contributed by atoms with Crippen LogP contribution in [0.4, 0.5) is 11.6 Å². The molecular weight excluding hydrogens is 638 g/mol. The van der Waals surface area contributed by atoms with E-state index in [0.29, 0.717) is 28.6 Å². The SMILES string of the molecule is COc1ccc(-[n+]2c([S-])c(-c3ccccc3)c(=O)n3c2N(c2ccccc2)[C@H]2O[C@H]([C@@H](COC(C)=O)OC(C)=O)[C@H](OC(C)=O)[C@H]23)cc1. The standard InChI is InChI=1S/C35H33N3O9S/c1-20(39)44-19-27(45-21(2)40)30-31(46-22(3)41)29-33(47-30)36(24-13-9-6-10-14-24)35-37(25-15-17-26(43-4)18-16-25)34(48)28(32(42)38(29)35)23-11-7-5-8-12-23/h5-18,27,29-31,33H,19H2,1-4H3/t27-,29-,30-,31-,33+/m1/s1. The van der Waals surface area contributed by atoms with Gasteiger partial charge in [0.05, 0.1) is 12.7 Å². The van der Waals surface area contributed by atoms with Crippen LogP contribution in [0.3, 0.4) is 0 Å². The van der Waals surface area contributed by atoms with Gasteiger partial charge in [-0.3, -0.25) is 19.2 Å². The van der Waals surface area contributed by atoms with Crippen molar-refractivity contribution in [2.45, 2.75) is 56.4 Å². The number of methoxy groups -OCH3 is 1. The van der Waals surface area contributed by atoms with E-state index in [-0.39, 0.29) is 17.2 Å². The normalized spacial score (nSPS) is 20.0. The van der Waals surface area contributed by atoms with E-state index in [1.54, 1.807) is 35.9 Å². The smallest absolute Gasteiger partial charge is 0.374 e. The molecule has 0 bridgehead atoms. The van der Waals surface area contributed by atoms with E-state index in [1.807, 2.05) is 65.6 Å². The number of benzene rings is 3. The van der Waals surface area contributed by atoms with Crippen LogP contribution in [0.1, 0.15) is 26.8 Å². The third-order valence-electron chi connectivity index (χ3n) is 8.15. The quantitative estimate of drug-likeness (QED) is 0.0853. The maximum atomic E-state index is 14.9. The number of carbonyl (C=O) groups is 3. The van der Waals surface area contributed by atoms with Crippen LogP contribution in [0.2, 0.25) is 0 Å². The van der Waals surface area contributed by atoms with Crippen LogP contribution >= 0.6 is 0 Å². The van der Waals surface area contributed by atoms with Crippen molar-refractivity contribution in [1.82, 2.24) is 4.57 Å². The van der Waals surface area contributed by atoms with E-state index in [9.17, 15) is 19.2 Å². The van der Waals surface area contributed by atoms with Crippen molar-refractivity contribution in [2.24, 2.45) is 0 Å². The van der Waals surface area contributed by atoms with E-state index >= 15 is 0 Å². The Morgan fingerprint density at radius 1 is 0.896 bits per heavy atom. The summed E-state index contributed by atoms with van der Waals surface area (Å²) in [5.41, 5.74) is 1.68. The molecule has 2 aliphatic heterocycles. The number of carbonyl (C=O) groups excluding carboxylic acids is 3. The second-order valence-corrected chi connectivity index (χ2v) is 11.7. The summed E-state index contributed by atoms with van der Waals surface area (Å²) in [7, 11) is 1.57. The molecule has 3 heterocycles. The Hall–Kier alpha value is -5.27. The van der Waals surface area contributed by atoms with Crippen molar-refractivity contribution in [3.05, 3.63) is 95.3 Å². The number of aromatic nitrogens is 2. The fourth-order valence-corrected chi connectivity index (χ4v) is 6.68. The number of nitrogens with zero attached hydrogens (tertiary/aromatic N) is 3. The van der Waals surface area contributed by atoms with Crippen molar-refractivity contribution in [3.63, 3.8) is 0 Å². The minimum atomic E-state index is -1.17. The fourth-order valence-electron chi connectivity index (χ4n) is 6.29. The lowest BCUT2D eigenvalue weighted by atomic mass is 10.0. The van der Waals surface area contributed by atoms with Crippen LogP contribution in [0.5, 0.6) is 5.75 Å². The van der Waals surface area contributed by atoms with Gasteiger partial charge in [0.2, 0.25) is 6.23 Å². The van der Waals surface area contributed by atoms with E-state index in [0.717, 1.165) is 0 Å². The number of para-hydroxylation sites is 1. The van der Waals surface area contributed by atoms with Gasteiger partial charge in [0.15, 0.2) is 18.2 Å². The van der Waals surface area contributed by atoms with Crippen molar-refractivity contribution in [2.75, 3.05) is 18.6 Å². The number of hydrogen-bond acceptors (Lipinski definition) is 11. The molecule has 1 saturated heterocycles. The highest BCUT2D eigenvalue weighted by Crippen LogP contribution is 2.48. The predicted octanol–water partition coefficient (Wildman–Crippen LogP) is 3.55. The maximum absolute atomic E-state index is 14.9. The van der Waals surface area contributed by atoms with E-state index in [1.165, 1.54) is 25.3 Å². The van der Waals surface area contributed by atoms with Gasteiger partial charge in [-0.2, -0.15) is 4.57 Å². The summed E-state index contributed by atoms with van der Waals surface area (Å²) in [5, 5.41) is 0.247. The highest BCUT2D eigenvalue weighted by Gasteiger charge is 2.64. The topological polar surface area (TPSA) is 126 Å². The van der Waals surface area contributed by atoms with E-state index in [4.69, 9.17) is 36.3 Å². The molecule has 12 nitrogen and oxygen atoms in total.